The fourth-order valence-electron chi connectivity index (χ4n) is 0.675. The van der Waals surface area contributed by atoms with Crippen molar-refractivity contribution in [1.29, 1.82) is 0 Å². The maximum Gasteiger partial charge on any atom is 0.293 e. The maximum atomic E-state index is 9.81. The van der Waals surface area contributed by atoms with Crippen LogP contribution in [-0.2, 0) is 9.53 Å². The predicted octanol–water partition coefficient (Wildman–Crippen LogP) is 1.55. The van der Waals surface area contributed by atoms with Gasteiger partial charge in [0.1, 0.15) is 6.10 Å². The molecule has 0 bridgehead atoms. The predicted molar refractivity (Wildman–Crippen MR) is 35.8 cm³/mol. The topological polar surface area (TPSA) is 26.3 Å². The van der Waals surface area contributed by atoms with E-state index >= 15 is 0 Å². The van der Waals surface area contributed by atoms with E-state index in [-0.39, 0.29) is 6.10 Å². The lowest BCUT2D eigenvalue weighted by Crippen LogP contribution is -2.09. The zero-order valence-corrected chi connectivity index (χ0v) is 5.80. The summed E-state index contributed by atoms with van der Waals surface area (Å²) in [5.74, 6) is 0. The summed E-state index contributed by atoms with van der Waals surface area (Å²) in [6.45, 7) is 6.15. The monoisotopic (exact) mass is 129 g/mol. The highest BCUT2D eigenvalue weighted by Gasteiger charge is 2.02. The van der Waals surface area contributed by atoms with Crippen molar-refractivity contribution < 1.29 is 9.53 Å². The molecule has 0 rings (SSSR count). The van der Waals surface area contributed by atoms with Crippen LogP contribution >= 0.6 is 0 Å². The van der Waals surface area contributed by atoms with Crippen molar-refractivity contribution in [3.63, 3.8) is 0 Å². The van der Waals surface area contributed by atoms with E-state index in [4.69, 9.17) is 4.74 Å². The third-order valence-electron chi connectivity index (χ3n) is 1.23. The van der Waals surface area contributed by atoms with Crippen LogP contribution in [0.25, 0.3) is 0 Å². The van der Waals surface area contributed by atoms with Crippen molar-refractivity contribution in [2.75, 3.05) is 0 Å². The highest BCUT2D eigenvalue weighted by Crippen LogP contribution is 2.03. The van der Waals surface area contributed by atoms with Crippen molar-refractivity contribution >= 4 is 6.47 Å². The van der Waals surface area contributed by atoms with E-state index in [0.717, 1.165) is 19.3 Å². The summed E-state index contributed by atoms with van der Waals surface area (Å²) in [7, 11) is 0. The molecule has 1 radical (unpaired) electrons. The Morgan fingerprint density at radius 3 is 2.78 bits per heavy atom. The van der Waals surface area contributed by atoms with Gasteiger partial charge in [-0.2, -0.15) is 0 Å². The van der Waals surface area contributed by atoms with Crippen LogP contribution in [0.2, 0.25) is 0 Å². The second kappa shape index (κ2) is 5.60. The van der Waals surface area contributed by atoms with Crippen molar-refractivity contribution in [3.05, 3.63) is 6.92 Å². The van der Waals surface area contributed by atoms with Gasteiger partial charge >= 0.3 is 0 Å². The molecule has 1 unspecified atom stereocenters. The lowest BCUT2D eigenvalue weighted by atomic mass is 10.2. The van der Waals surface area contributed by atoms with E-state index in [9.17, 15) is 4.79 Å². The lowest BCUT2D eigenvalue weighted by molar-refractivity contribution is -0.133. The first kappa shape index (κ1) is 8.47. The van der Waals surface area contributed by atoms with Gasteiger partial charge in [0.05, 0.1) is 0 Å². The minimum absolute atomic E-state index is 0.0833. The summed E-state index contributed by atoms with van der Waals surface area (Å²) in [6.07, 6.45) is 2.66. The van der Waals surface area contributed by atoms with Gasteiger partial charge in [0, 0.05) is 0 Å². The van der Waals surface area contributed by atoms with Gasteiger partial charge < -0.3 is 4.74 Å². The van der Waals surface area contributed by atoms with Crippen molar-refractivity contribution in [2.45, 2.75) is 32.3 Å². The molecule has 0 aromatic heterocycles. The van der Waals surface area contributed by atoms with Crippen molar-refractivity contribution in [2.24, 2.45) is 0 Å². The highest BCUT2D eigenvalue weighted by atomic mass is 16.5. The Morgan fingerprint density at radius 2 is 2.44 bits per heavy atom. The summed E-state index contributed by atoms with van der Waals surface area (Å²) < 4.78 is 4.71. The zero-order valence-electron chi connectivity index (χ0n) is 5.80. The molecule has 0 amide bonds. The number of rotatable bonds is 5. The smallest absolute Gasteiger partial charge is 0.293 e. The van der Waals surface area contributed by atoms with Crippen LogP contribution in [0.4, 0.5) is 0 Å². The fourth-order valence-corrected chi connectivity index (χ4v) is 0.675. The number of hydrogen-bond acceptors (Lipinski definition) is 2. The summed E-state index contributed by atoms with van der Waals surface area (Å²) in [4.78, 5) is 9.81. The first-order valence-corrected chi connectivity index (χ1v) is 3.23. The van der Waals surface area contributed by atoms with Gasteiger partial charge in [0.15, 0.2) is 0 Å². The third kappa shape index (κ3) is 4.01. The number of ether oxygens (including phenoxy) is 1. The van der Waals surface area contributed by atoms with E-state index in [2.05, 4.69) is 6.92 Å². The van der Waals surface area contributed by atoms with E-state index in [1.807, 2.05) is 6.92 Å². The molecule has 2 heteroatoms. The molecule has 0 aliphatic rings. The van der Waals surface area contributed by atoms with Gasteiger partial charge in [-0.1, -0.05) is 13.8 Å². The summed E-state index contributed by atoms with van der Waals surface area (Å²) in [6, 6.07) is 0. The Kier molecular flexibility index (Phi) is 5.27. The molecule has 0 aliphatic carbocycles. The molecule has 0 saturated carbocycles. The molecule has 1 atom stereocenters. The Morgan fingerprint density at radius 1 is 1.78 bits per heavy atom. The molecule has 0 aliphatic heterocycles. The molecule has 0 fully saturated rings. The van der Waals surface area contributed by atoms with E-state index < -0.39 is 0 Å². The van der Waals surface area contributed by atoms with Gasteiger partial charge in [-0.05, 0) is 19.3 Å². The van der Waals surface area contributed by atoms with Gasteiger partial charge in [0.2, 0.25) is 0 Å². The quantitative estimate of drug-likeness (QED) is 0.526. The Bertz CT molecular complexity index is 71.3. The molecule has 9 heavy (non-hydrogen) atoms. The largest absolute Gasteiger partial charge is 0.465 e. The van der Waals surface area contributed by atoms with Gasteiger partial charge in [-0.25, -0.2) is 0 Å². The second-order valence-corrected chi connectivity index (χ2v) is 1.90. The molecule has 2 nitrogen and oxygen atoms in total. The summed E-state index contributed by atoms with van der Waals surface area (Å²) >= 11 is 0. The second-order valence-electron chi connectivity index (χ2n) is 1.90. The minimum Gasteiger partial charge on any atom is -0.465 e. The van der Waals surface area contributed by atoms with Crippen LogP contribution in [0.1, 0.15) is 26.2 Å². The molecular weight excluding hydrogens is 116 g/mol. The first-order valence-electron chi connectivity index (χ1n) is 3.23. The maximum absolute atomic E-state index is 9.81. The fraction of sp³-hybridized carbons (Fsp3) is 0.714. The normalized spacial score (nSPS) is 12.7. The minimum atomic E-state index is 0.0833. The van der Waals surface area contributed by atoms with Crippen molar-refractivity contribution in [3.8, 4) is 0 Å². The number of hydrogen-bond donors (Lipinski definition) is 0. The van der Waals surface area contributed by atoms with Crippen LogP contribution in [0.3, 0.4) is 0 Å². The van der Waals surface area contributed by atoms with Crippen LogP contribution < -0.4 is 0 Å². The summed E-state index contributed by atoms with van der Waals surface area (Å²) in [5, 5.41) is 0. The Labute approximate surface area is 56.2 Å². The highest BCUT2D eigenvalue weighted by molar-refractivity contribution is 5.37. The van der Waals surface area contributed by atoms with E-state index in [1.54, 1.807) is 0 Å². The first-order chi connectivity index (χ1) is 4.35. The average molecular weight is 129 g/mol. The van der Waals surface area contributed by atoms with Crippen LogP contribution in [-0.4, -0.2) is 12.6 Å². The van der Waals surface area contributed by atoms with Crippen molar-refractivity contribution in [1.82, 2.24) is 0 Å². The molecule has 0 N–H and O–H groups in total. The molecule has 0 aromatic carbocycles. The number of carbonyl (C=O) groups excluding carboxylic acids is 1. The Balaban J connectivity index is 3.28. The van der Waals surface area contributed by atoms with Crippen LogP contribution in [0.15, 0.2) is 0 Å². The van der Waals surface area contributed by atoms with Gasteiger partial charge in [0.25, 0.3) is 6.47 Å². The standard InChI is InChI=1S/C7H13O2/c1-3-5-7(4-2)9-6-8/h6-7H,1,3-5H2,2H3. The lowest BCUT2D eigenvalue weighted by Gasteiger charge is -2.09. The number of carbonyl (C=O) groups is 1. The zero-order chi connectivity index (χ0) is 7.11. The Hall–Kier alpha value is -0.530. The molecule has 0 saturated heterocycles. The van der Waals surface area contributed by atoms with Gasteiger partial charge in [-0.15, -0.1) is 0 Å². The molecule has 53 valence electrons. The summed E-state index contributed by atoms with van der Waals surface area (Å²) in [5.41, 5.74) is 0. The molecule has 0 heterocycles. The van der Waals surface area contributed by atoms with E-state index in [0.29, 0.717) is 6.47 Å². The van der Waals surface area contributed by atoms with E-state index in [1.165, 1.54) is 0 Å². The average Bonchev–Trinajstić information content (AvgIpc) is 1.88. The molecular formula is C7H13O2. The van der Waals surface area contributed by atoms with Crippen LogP contribution in [0.5, 0.6) is 0 Å². The van der Waals surface area contributed by atoms with Gasteiger partial charge in [-0.3, -0.25) is 4.79 Å². The molecule has 0 spiro atoms. The van der Waals surface area contributed by atoms with Crippen LogP contribution in [0, 0.1) is 6.92 Å². The molecule has 0 aromatic rings. The SMILES string of the molecule is [CH2]CCC(CC)OC=O. The third-order valence-corrected chi connectivity index (χ3v) is 1.23.